The van der Waals surface area contributed by atoms with Crippen molar-refractivity contribution in [3.05, 3.63) is 48.5 Å². The lowest BCUT2D eigenvalue weighted by Gasteiger charge is -2.08. The summed E-state index contributed by atoms with van der Waals surface area (Å²) >= 11 is 0. The molecule has 162 valence electrons. The second-order valence-electron chi connectivity index (χ2n) is 6.22. The van der Waals surface area contributed by atoms with Crippen LogP contribution in [0.4, 0.5) is 47.1 Å². The highest BCUT2D eigenvalue weighted by molar-refractivity contribution is 8.76. The molecule has 0 spiro atoms. The van der Waals surface area contributed by atoms with Crippen molar-refractivity contribution in [1.29, 1.82) is 0 Å². The first-order valence-corrected chi connectivity index (χ1v) is 11.2. The molecule has 12 nitrogen and oxygen atoms in total. The monoisotopic (exact) mass is 466 g/mol. The summed E-state index contributed by atoms with van der Waals surface area (Å²) in [5.41, 5.74) is 23.9. The zero-order valence-corrected chi connectivity index (χ0v) is 18.1. The van der Waals surface area contributed by atoms with Gasteiger partial charge in [0, 0.05) is 21.2 Å². The average Bonchev–Trinajstić information content (AvgIpc) is 2.73. The van der Waals surface area contributed by atoms with Gasteiger partial charge in [-0.05, 0) is 48.5 Å². The van der Waals surface area contributed by atoms with E-state index >= 15 is 0 Å². The number of nitrogen functional groups attached to an aromatic ring is 4. The first kappa shape index (κ1) is 21.2. The molecule has 0 aliphatic rings. The van der Waals surface area contributed by atoms with Gasteiger partial charge >= 0.3 is 0 Å². The van der Waals surface area contributed by atoms with E-state index in [9.17, 15) is 0 Å². The Balaban J connectivity index is 1.32. The predicted octanol–water partition coefficient (Wildman–Crippen LogP) is 2.67. The van der Waals surface area contributed by atoms with E-state index in [1.807, 2.05) is 48.5 Å². The van der Waals surface area contributed by atoms with Crippen LogP contribution in [0, 0.1) is 0 Å². The van der Waals surface area contributed by atoms with E-state index in [0.29, 0.717) is 11.9 Å². The highest BCUT2D eigenvalue weighted by Crippen LogP contribution is 2.38. The summed E-state index contributed by atoms with van der Waals surface area (Å²) in [5.74, 6) is 0.831. The van der Waals surface area contributed by atoms with Crippen molar-refractivity contribution in [2.45, 2.75) is 9.79 Å². The minimum atomic E-state index is 0.0614. The van der Waals surface area contributed by atoms with Gasteiger partial charge in [-0.15, -0.1) is 0 Å². The number of benzene rings is 2. The molecule has 0 saturated carbocycles. The minimum absolute atomic E-state index is 0.0614. The predicted molar refractivity (Wildman–Crippen MR) is 128 cm³/mol. The molecule has 4 aromatic rings. The van der Waals surface area contributed by atoms with Crippen LogP contribution in [0.3, 0.4) is 0 Å². The summed E-state index contributed by atoms with van der Waals surface area (Å²) in [7, 11) is 3.26. The summed E-state index contributed by atoms with van der Waals surface area (Å²) in [6.07, 6.45) is 0. The summed E-state index contributed by atoms with van der Waals surface area (Å²) in [5, 5.41) is 6.09. The Bertz CT molecular complexity index is 1080. The Hall–Kier alpha value is -4.04. The lowest BCUT2D eigenvalue weighted by atomic mass is 10.3. The third-order valence-electron chi connectivity index (χ3n) is 3.80. The molecule has 14 heteroatoms. The normalized spacial score (nSPS) is 10.6. The highest BCUT2D eigenvalue weighted by atomic mass is 33.1. The third kappa shape index (κ3) is 5.77. The molecule has 2 aromatic heterocycles. The highest BCUT2D eigenvalue weighted by Gasteiger charge is 2.05. The first-order chi connectivity index (χ1) is 15.4. The van der Waals surface area contributed by atoms with Crippen molar-refractivity contribution in [1.82, 2.24) is 29.9 Å². The Labute approximate surface area is 190 Å². The van der Waals surface area contributed by atoms with E-state index in [-0.39, 0.29) is 23.8 Å². The average molecular weight is 467 g/mol. The topological polar surface area (TPSA) is 205 Å². The number of nitrogens with one attached hydrogen (secondary N) is 2. The maximum Gasteiger partial charge on any atom is 0.233 e. The molecule has 0 radical (unpaired) electrons. The summed E-state index contributed by atoms with van der Waals surface area (Å²) in [4.78, 5) is 25.6. The minimum Gasteiger partial charge on any atom is -0.368 e. The van der Waals surface area contributed by atoms with Crippen molar-refractivity contribution in [3.8, 4) is 0 Å². The fraction of sp³-hybridized carbons (Fsp3) is 0. The number of anilines is 8. The van der Waals surface area contributed by atoms with E-state index in [0.717, 1.165) is 21.2 Å². The van der Waals surface area contributed by atoms with Gasteiger partial charge in [-0.3, -0.25) is 0 Å². The van der Waals surface area contributed by atoms with E-state index in [2.05, 4.69) is 40.5 Å². The van der Waals surface area contributed by atoms with Crippen molar-refractivity contribution in [2.24, 2.45) is 0 Å². The number of nitrogens with two attached hydrogens (primary N) is 4. The van der Waals surface area contributed by atoms with Crippen molar-refractivity contribution in [3.63, 3.8) is 0 Å². The van der Waals surface area contributed by atoms with Crippen LogP contribution in [0.1, 0.15) is 0 Å². The standard InChI is InChI=1S/C18H18N12S2/c19-13-25-14(20)28-17(27-13)23-9-1-5-11(6-2-9)31-32-12-7-3-10(4-8-12)24-18-29-15(21)26-16(22)30-18/h1-8H,(H5,19,20,23,25,27,28)(H5,21,22,24,26,29,30). The molecular formula is C18H18N12S2. The quantitative estimate of drug-likeness (QED) is 0.217. The molecule has 0 unspecified atom stereocenters. The third-order valence-corrected chi connectivity index (χ3v) is 6.21. The Morgan fingerprint density at radius 1 is 0.469 bits per heavy atom. The van der Waals surface area contributed by atoms with Crippen LogP contribution in [0.5, 0.6) is 0 Å². The van der Waals surface area contributed by atoms with E-state index < -0.39 is 0 Å². The summed E-state index contributed by atoms with van der Waals surface area (Å²) in [6, 6.07) is 15.6. The zero-order chi connectivity index (χ0) is 22.5. The van der Waals surface area contributed by atoms with Crippen LogP contribution in [0.2, 0.25) is 0 Å². The van der Waals surface area contributed by atoms with Gasteiger partial charge in [0.1, 0.15) is 0 Å². The maximum atomic E-state index is 5.58. The van der Waals surface area contributed by atoms with Crippen LogP contribution in [0.25, 0.3) is 0 Å². The lowest BCUT2D eigenvalue weighted by molar-refractivity contribution is 1.08. The molecule has 0 aliphatic carbocycles. The Morgan fingerprint density at radius 2 is 0.781 bits per heavy atom. The maximum absolute atomic E-state index is 5.58. The van der Waals surface area contributed by atoms with Gasteiger partial charge in [0.05, 0.1) is 0 Å². The van der Waals surface area contributed by atoms with Crippen LogP contribution in [-0.4, -0.2) is 29.9 Å². The van der Waals surface area contributed by atoms with Crippen molar-refractivity contribution < 1.29 is 0 Å². The molecule has 0 aliphatic heterocycles. The molecular weight excluding hydrogens is 448 g/mol. The van der Waals surface area contributed by atoms with Gasteiger partial charge in [0.15, 0.2) is 0 Å². The second-order valence-corrected chi connectivity index (χ2v) is 8.49. The van der Waals surface area contributed by atoms with E-state index in [1.54, 1.807) is 21.6 Å². The fourth-order valence-corrected chi connectivity index (χ4v) is 4.40. The Kier molecular flexibility index (Phi) is 6.23. The van der Waals surface area contributed by atoms with Crippen molar-refractivity contribution >= 4 is 68.7 Å². The number of hydrogen-bond donors (Lipinski definition) is 6. The number of hydrogen-bond acceptors (Lipinski definition) is 14. The van der Waals surface area contributed by atoms with Crippen LogP contribution < -0.4 is 33.6 Å². The fourth-order valence-electron chi connectivity index (χ4n) is 2.47. The largest absolute Gasteiger partial charge is 0.368 e. The number of aromatic nitrogens is 6. The van der Waals surface area contributed by atoms with Crippen LogP contribution >= 0.6 is 21.6 Å². The molecule has 2 heterocycles. The molecule has 0 amide bonds. The Morgan fingerprint density at radius 3 is 1.09 bits per heavy atom. The zero-order valence-electron chi connectivity index (χ0n) is 16.4. The molecule has 4 rings (SSSR count). The van der Waals surface area contributed by atoms with Crippen LogP contribution in [-0.2, 0) is 0 Å². The molecule has 0 atom stereocenters. The number of nitrogens with zero attached hydrogens (tertiary/aromatic N) is 6. The summed E-state index contributed by atoms with van der Waals surface area (Å²) in [6.45, 7) is 0. The smallest absolute Gasteiger partial charge is 0.233 e. The first-order valence-electron chi connectivity index (χ1n) is 9.06. The van der Waals surface area contributed by atoms with Gasteiger partial charge < -0.3 is 33.6 Å². The molecule has 10 N–H and O–H groups in total. The summed E-state index contributed by atoms with van der Waals surface area (Å²) < 4.78 is 0. The number of rotatable bonds is 7. The molecule has 0 saturated heterocycles. The lowest BCUT2D eigenvalue weighted by Crippen LogP contribution is -2.06. The van der Waals surface area contributed by atoms with Crippen molar-refractivity contribution in [2.75, 3.05) is 33.6 Å². The van der Waals surface area contributed by atoms with E-state index in [1.165, 1.54) is 0 Å². The molecule has 32 heavy (non-hydrogen) atoms. The van der Waals surface area contributed by atoms with Gasteiger partial charge in [-0.1, -0.05) is 21.6 Å². The molecule has 0 fully saturated rings. The van der Waals surface area contributed by atoms with Gasteiger partial charge in [0.2, 0.25) is 35.7 Å². The van der Waals surface area contributed by atoms with E-state index in [4.69, 9.17) is 22.9 Å². The SMILES string of the molecule is Nc1nc(N)nc(Nc2ccc(SSc3ccc(Nc4nc(N)nc(N)n4)cc3)cc2)n1. The second kappa shape index (κ2) is 9.40. The van der Waals surface area contributed by atoms with Gasteiger partial charge in [-0.2, -0.15) is 29.9 Å². The molecule has 2 aromatic carbocycles. The van der Waals surface area contributed by atoms with Gasteiger partial charge in [-0.25, -0.2) is 0 Å². The van der Waals surface area contributed by atoms with Crippen LogP contribution in [0.15, 0.2) is 58.3 Å². The van der Waals surface area contributed by atoms with Gasteiger partial charge in [0.25, 0.3) is 0 Å². The molecule has 0 bridgehead atoms.